The van der Waals surface area contributed by atoms with Crippen molar-refractivity contribution in [2.45, 2.75) is 58.8 Å². The number of likely N-dealkylation sites (tertiary alicyclic amines) is 1. The van der Waals surface area contributed by atoms with Gasteiger partial charge in [0.25, 0.3) is 0 Å². The Morgan fingerprint density at radius 3 is 2.72 bits per heavy atom. The standard InChI is InChI=1S/C20H36N4O4S/c1-16(25)21-11-17-7-6-8-23(13-17)14-18-12-22-19(24(18)9-10-28-5)29(26,27)15-20(2,3)4/h12,17H,6-11,13-15H2,1-5H3,(H,21,25)/t17-/m0/s1. The van der Waals surface area contributed by atoms with Crippen LogP contribution in [0.5, 0.6) is 0 Å². The molecule has 29 heavy (non-hydrogen) atoms. The molecular weight excluding hydrogens is 392 g/mol. The van der Waals surface area contributed by atoms with Gasteiger partial charge in [-0.1, -0.05) is 20.8 Å². The Balaban J connectivity index is 2.17. The smallest absolute Gasteiger partial charge is 0.227 e. The number of nitrogens with zero attached hydrogens (tertiary/aromatic N) is 3. The number of imidazole rings is 1. The molecule has 1 aromatic heterocycles. The number of aromatic nitrogens is 2. The highest BCUT2D eigenvalue weighted by atomic mass is 32.2. The second kappa shape index (κ2) is 10.0. The molecule has 2 rings (SSSR count). The number of carbonyl (C=O) groups excluding carboxylic acids is 1. The van der Waals surface area contributed by atoms with Crippen molar-refractivity contribution in [1.82, 2.24) is 19.8 Å². The van der Waals surface area contributed by atoms with Gasteiger partial charge < -0.3 is 14.6 Å². The first-order valence-electron chi connectivity index (χ1n) is 10.2. The van der Waals surface area contributed by atoms with Crippen molar-refractivity contribution >= 4 is 15.7 Å². The average Bonchev–Trinajstić information content (AvgIpc) is 3.00. The summed E-state index contributed by atoms with van der Waals surface area (Å²) in [5.41, 5.74) is 0.538. The maximum atomic E-state index is 13.0. The Morgan fingerprint density at radius 1 is 1.38 bits per heavy atom. The van der Waals surface area contributed by atoms with Crippen molar-refractivity contribution in [3.8, 4) is 0 Å². The van der Waals surface area contributed by atoms with Gasteiger partial charge in [-0.25, -0.2) is 13.4 Å². The first-order valence-corrected chi connectivity index (χ1v) is 11.9. The summed E-state index contributed by atoms with van der Waals surface area (Å²) in [6.07, 6.45) is 3.83. The highest BCUT2D eigenvalue weighted by Gasteiger charge is 2.29. The van der Waals surface area contributed by atoms with Crippen LogP contribution in [0.2, 0.25) is 0 Å². The fraction of sp³-hybridized carbons (Fsp3) is 0.800. The SMILES string of the molecule is COCCn1c(CN2CCC[C@@H](CNC(C)=O)C2)cnc1S(=O)(=O)CC(C)(C)C. The number of rotatable bonds is 9. The summed E-state index contributed by atoms with van der Waals surface area (Å²) in [6.45, 7) is 11.3. The van der Waals surface area contributed by atoms with Crippen molar-refractivity contribution in [2.75, 3.05) is 39.1 Å². The topological polar surface area (TPSA) is 93.5 Å². The molecule has 1 aliphatic heterocycles. The number of ether oxygens (including phenoxy) is 1. The predicted octanol–water partition coefficient (Wildman–Crippen LogP) is 1.70. The lowest BCUT2D eigenvalue weighted by molar-refractivity contribution is -0.119. The van der Waals surface area contributed by atoms with Gasteiger partial charge in [-0.2, -0.15) is 0 Å². The van der Waals surface area contributed by atoms with Gasteiger partial charge in [-0.3, -0.25) is 9.69 Å². The number of hydrogen-bond acceptors (Lipinski definition) is 6. The summed E-state index contributed by atoms with van der Waals surface area (Å²) in [5.74, 6) is 0.451. The van der Waals surface area contributed by atoms with E-state index >= 15 is 0 Å². The maximum Gasteiger partial charge on any atom is 0.227 e. The number of methoxy groups -OCH3 is 1. The van der Waals surface area contributed by atoms with E-state index in [1.165, 1.54) is 6.92 Å². The fourth-order valence-electron chi connectivity index (χ4n) is 3.80. The molecule has 0 aromatic carbocycles. The zero-order chi connectivity index (χ0) is 21.7. The van der Waals surface area contributed by atoms with Gasteiger partial charge in [0.15, 0.2) is 0 Å². The summed E-state index contributed by atoms with van der Waals surface area (Å²) in [7, 11) is -1.89. The van der Waals surface area contributed by atoms with Crippen LogP contribution < -0.4 is 5.32 Å². The quantitative estimate of drug-likeness (QED) is 0.643. The Bertz CT molecular complexity index is 783. The molecule has 1 N–H and O–H groups in total. The van der Waals surface area contributed by atoms with Crippen LogP contribution in [0.4, 0.5) is 0 Å². The molecule has 1 aliphatic rings. The van der Waals surface area contributed by atoms with Gasteiger partial charge in [0.2, 0.25) is 20.9 Å². The summed E-state index contributed by atoms with van der Waals surface area (Å²) in [4.78, 5) is 17.8. The van der Waals surface area contributed by atoms with Gasteiger partial charge >= 0.3 is 0 Å². The molecule has 1 amide bonds. The Kier molecular flexibility index (Phi) is 8.25. The first kappa shape index (κ1) is 23.8. The predicted molar refractivity (Wildman–Crippen MR) is 112 cm³/mol. The number of hydrogen-bond donors (Lipinski definition) is 1. The molecule has 0 saturated carbocycles. The van der Waals surface area contributed by atoms with Crippen molar-refractivity contribution in [3.63, 3.8) is 0 Å². The average molecular weight is 429 g/mol. The van der Waals surface area contributed by atoms with Gasteiger partial charge in [0.1, 0.15) is 0 Å². The third kappa shape index (κ3) is 7.38. The lowest BCUT2D eigenvalue weighted by Gasteiger charge is -2.32. The molecular formula is C20H36N4O4S. The highest BCUT2D eigenvalue weighted by molar-refractivity contribution is 7.91. The van der Waals surface area contributed by atoms with Crippen LogP contribution in [0.1, 0.15) is 46.2 Å². The molecule has 166 valence electrons. The normalized spacial score (nSPS) is 18.7. The van der Waals surface area contributed by atoms with Crippen LogP contribution in [0.3, 0.4) is 0 Å². The minimum absolute atomic E-state index is 0.00605. The van der Waals surface area contributed by atoms with E-state index < -0.39 is 9.84 Å². The molecule has 0 aliphatic carbocycles. The number of nitrogens with one attached hydrogen (secondary N) is 1. The van der Waals surface area contributed by atoms with E-state index in [0.29, 0.717) is 32.2 Å². The Morgan fingerprint density at radius 2 is 2.10 bits per heavy atom. The molecule has 9 heteroatoms. The molecule has 0 spiro atoms. The summed E-state index contributed by atoms with van der Waals surface area (Å²) >= 11 is 0. The lowest BCUT2D eigenvalue weighted by Crippen LogP contribution is -2.40. The van der Waals surface area contributed by atoms with Crippen LogP contribution >= 0.6 is 0 Å². The van der Waals surface area contributed by atoms with E-state index in [-0.39, 0.29) is 22.2 Å². The number of piperidine rings is 1. The second-order valence-corrected chi connectivity index (χ2v) is 11.1. The molecule has 0 bridgehead atoms. The van der Waals surface area contributed by atoms with E-state index in [9.17, 15) is 13.2 Å². The van der Waals surface area contributed by atoms with Crippen molar-refractivity contribution in [2.24, 2.45) is 11.3 Å². The zero-order valence-corrected chi connectivity index (χ0v) is 19.2. The Labute approximate surface area is 174 Å². The summed E-state index contributed by atoms with van der Waals surface area (Å²) in [5, 5.41) is 3.04. The van der Waals surface area contributed by atoms with E-state index in [2.05, 4.69) is 15.2 Å². The fourth-order valence-corrected chi connectivity index (χ4v) is 5.83. The molecule has 8 nitrogen and oxygen atoms in total. The minimum Gasteiger partial charge on any atom is -0.383 e. The third-order valence-corrected chi connectivity index (χ3v) is 7.08. The van der Waals surface area contributed by atoms with Crippen LogP contribution in [-0.4, -0.2) is 67.9 Å². The van der Waals surface area contributed by atoms with Gasteiger partial charge in [-0.05, 0) is 30.7 Å². The Hall–Kier alpha value is -1.45. The van der Waals surface area contributed by atoms with E-state index in [1.807, 2.05) is 20.8 Å². The maximum absolute atomic E-state index is 13.0. The van der Waals surface area contributed by atoms with Crippen LogP contribution in [0.15, 0.2) is 11.4 Å². The molecule has 1 saturated heterocycles. The number of carbonyl (C=O) groups is 1. The highest BCUT2D eigenvalue weighted by Crippen LogP contribution is 2.24. The largest absolute Gasteiger partial charge is 0.383 e. The molecule has 2 heterocycles. The molecule has 0 unspecified atom stereocenters. The molecule has 0 radical (unpaired) electrons. The van der Waals surface area contributed by atoms with Crippen molar-refractivity contribution < 1.29 is 17.9 Å². The van der Waals surface area contributed by atoms with Gasteiger partial charge in [0.05, 0.1) is 24.3 Å². The number of amides is 1. The minimum atomic E-state index is -3.50. The zero-order valence-electron chi connectivity index (χ0n) is 18.4. The van der Waals surface area contributed by atoms with Gasteiger partial charge in [-0.15, -0.1) is 0 Å². The second-order valence-electron chi connectivity index (χ2n) is 9.18. The number of sulfone groups is 1. The summed E-state index contributed by atoms with van der Waals surface area (Å²) < 4.78 is 32.9. The lowest BCUT2D eigenvalue weighted by atomic mass is 9.98. The summed E-state index contributed by atoms with van der Waals surface area (Å²) in [6, 6.07) is 0. The van der Waals surface area contributed by atoms with Crippen molar-refractivity contribution in [3.05, 3.63) is 11.9 Å². The van der Waals surface area contributed by atoms with Gasteiger partial charge in [0, 0.05) is 40.2 Å². The molecule has 1 atom stereocenters. The third-order valence-electron chi connectivity index (χ3n) is 4.95. The monoisotopic (exact) mass is 428 g/mol. The van der Waals surface area contributed by atoms with Crippen molar-refractivity contribution in [1.29, 1.82) is 0 Å². The van der Waals surface area contributed by atoms with E-state index in [1.54, 1.807) is 17.9 Å². The van der Waals surface area contributed by atoms with Crippen LogP contribution in [-0.2, 0) is 32.5 Å². The van der Waals surface area contributed by atoms with Crippen LogP contribution in [0, 0.1) is 11.3 Å². The molecule has 1 aromatic rings. The van der Waals surface area contributed by atoms with E-state index in [0.717, 1.165) is 31.6 Å². The van der Waals surface area contributed by atoms with Crippen LogP contribution in [0.25, 0.3) is 0 Å². The van der Waals surface area contributed by atoms with E-state index in [4.69, 9.17) is 4.74 Å². The molecule has 1 fully saturated rings. The first-order chi connectivity index (χ1) is 13.5.